The Bertz CT molecular complexity index is 1030. The number of rotatable bonds is 7. The molecule has 0 radical (unpaired) electrons. The summed E-state index contributed by atoms with van der Waals surface area (Å²) in [4.78, 5) is 0. The van der Waals surface area contributed by atoms with Crippen LogP contribution in [0.4, 0.5) is 13.2 Å². The quantitative estimate of drug-likeness (QED) is 0.463. The molecule has 5 heteroatoms. The maximum Gasteiger partial charge on any atom is 0.270 e. The van der Waals surface area contributed by atoms with Crippen molar-refractivity contribution >= 4 is 0 Å². The van der Waals surface area contributed by atoms with Crippen molar-refractivity contribution in [3.63, 3.8) is 0 Å². The summed E-state index contributed by atoms with van der Waals surface area (Å²) in [5.74, 6) is -3.16. The second-order valence-electron chi connectivity index (χ2n) is 8.20. The van der Waals surface area contributed by atoms with Crippen molar-refractivity contribution in [2.75, 3.05) is 0 Å². The summed E-state index contributed by atoms with van der Waals surface area (Å²) in [6, 6.07) is 14.1. The molecule has 0 unspecified atom stereocenters. The van der Waals surface area contributed by atoms with Crippen LogP contribution in [0.1, 0.15) is 60.1 Å². The van der Waals surface area contributed by atoms with Crippen LogP contribution in [-0.4, -0.2) is 10.2 Å². The van der Waals surface area contributed by atoms with Gasteiger partial charge in [0.2, 0.25) is 0 Å². The Balaban J connectivity index is 2.22. The van der Waals surface area contributed by atoms with Crippen LogP contribution >= 0.6 is 0 Å². The molecule has 164 valence electrons. The molecule has 3 aromatic carbocycles. The molecule has 2 nitrogen and oxygen atoms in total. The molecule has 0 amide bonds. The lowest BCUT2D eigenvalue weighted by atomic mass is 9.82. The molecule has 0 aromatic heterocycles. The average Bonchev–Trinajstić information content (AvgIpc) is 2.73. The number of aliphatic hydroxyl groups excluding tert-OH is 2. The van der Waals surface area contributed by atoms with Gasteiger partial charge in [-0.25, -0.2) is 13.2 Å². The molecule has 0 spiro atoms. The van der Waals surface area contributed by atoms with E-state index in [0.29, 0.717) is 17.5 Å². The average molecular weight is 428 g/mol. The summed E-state index contributed by atoms with van der Waals surface area (Å²) in [5, 5.41) is 20.0. The zero-order valence-electron chi connectivity index (χ0n) is 17.9. The summed E-state index contributed by atoms with van der Waals surface area (Å²) in [7, 11) is 0. The fourth-order valence-electron chi connectivity index (χ4n) is 3.96. The molecule has 0 aliphatic rings. The molecule has 0 aliphatic heterocycles. The highest BCUT2D eigenvalue weighted by molar-refractivity contribution is 5.75. The van der Waals surface area contributed by atoms with Gasteiger partial charge in [-0.15, -0.1) is 0 Å². The van der Waals surface area contributed by atoms with E-state index in [-0.39, 0.29) is 30.5 Å². The van der Waals surface area contributed by atoms with E-state index in [2.05, 4.69) is 0 Å². The first-order valence-corrected chi connectivity index (χ1v) is 10.3. The number of benzene rings is 3. The monoisotopic (exact) mass is 428 g/mol. The van der Waals surface area contributed by atoms with Crippen LogP contribution < -0.4 is 0 Å². The number of hydrogen-bond acceptors (Lipinski definition) is 2. The minimum atomic E-state index is -2.91. The van der Waals surface area contributed by atoms with E-state index in [9.17, 15) is 23.4 Å². The Kier molecular flexibility index (Phi) is 6.87. The Labute approximate surface area is 181 Å². The molecular weight excluding hydrogens is 401 g/mol. The molecule has 0 heterocycles. The Morgan fingerprint density at radius 3 is 1.97 bits per heavy atom. The van der Waals surface area contributed by atoms with E-state index < -0.39 is 5.92 Å². The van der Waals surface area contributed by atoms with E-state index >= 15 is 0 Å². The minimum absolute atomic E-state index is 0.0502. The third-order valence-electron chi connectivity index (χ3n) is 5.59. The molecule has 0 fully saturated rings. The SMILES string of the molecule is CC(C)c1cc(CO)c(CO)c(-c2ccc(F)cc2)c1Cc1ccc(C(C)(F)F)cc1. The third kappa shape index (κ3) is 5.00. The highest BCUT2D eigenvalue weighted by atomic mass is 19.3. The predicted molar refractivity (Wildman–Crippen MR) is 117 cm³/mol. The van der Waals surface area contributed by atoms with Gasteiger partial charge in [0, 0.05) is 12.5 Å². The van der Waals surface area contributed by atoms with Crippen LogP contribution in [-0.2, 0) is 25.6 Å². The van der Waals surface area contributed by atoms with Crippen molar-refractivity contribution in [1.82, 2.24) is 0 Å². The number of halogens is 3. The molecule has 3 rings (SSSR count). The van der Waals surface area contributed by atoms with Gasteiger partial charge in [0.05, 0.1) is 13.2 Å². The fourth-order valence-corrected chi connectivity index (χ4v) is 3.96. The largest absolute Gasteiger partial charge is 0.392 e. The second-order valence-corrected chi connectivity index (χ2v) is 8.20. The second kappa shape index (κ2) is 9.25. The van der Waals surface area contributed by atoms with Crippen molar-refractivity contribution < 1.29 is 23.4 Å². The van der Waals surface area contributed by atoms with Crippen LogP contribution in [0.2, 0.25) is 0 Å². The Morgan fingerprint density at radius 1 is 0.871 bits per heavy atom. The first-order chi connectivity index (χ1) is 14.7. The predicted octanol–water partition coefficient (Wildman–Crippen LogP) is 6.30. The first kappa shape index (κ1) is 23.0. The minimum Gasteiger partial charge on any atom is -0.392 e. The van der Waals surface area contributed by atoms with Crippen LogP contribution in [0, 0.1) is 5.82 Å². The van der Waals surface area contributed by atoms with Crippen LogP contribution in [0.15, 0.2) is 54.6 Å². The van der Waals surface area contributed by atoms with Crippen LogP contribution in [0.3, 0.4) is 0 Å². The van der Waals surface area contributed by atoms with Gasteiger partial charge in [0.15, 0.2) is 0 Å². The molecule has 0 atom stereocenters. The van der Waals surface area contributed by atoms with Gasteiger partial charge in [0.25, 0.3) is 5.92 Å². The normalized spacial score (nSPS) is 11.9. The lowest BCUT2D eigenvalue weighted by Gasteiger charge is -2.24. The lowest BCUT2D eigenvalue weighted by Crippen LogP contribution is -2.09. The van der Waals surface area contributed by atoms with E-state index in [1.165, 1.54) is 24.3 Å². The van der Waals surface area contributed by atoms with Crippen molar-refractivity contribution in [3.8, 4) is 11.1 Å². The number of alkyl halides is 2. The molecular formula is C26H27F3O2. The van der Waals surface area contributed by atoms with Gasteiger partial charge < -0.3 is 10.2 Å². The van der Waals surface area contributed by atoms with Gasteiger partial charge in [-0.2, -0.15) is 0 Å². The maximum atomic E-state index is 13.6. The van der Waals surface area contributed by atoms with Crippen molar-refractivity contribution in [3.05, 3.63) is 93.8 Å². The van der Waals surface area contributed by atoms with Crippen molar-refractivity contribution in [1.29, 1.82) is 0 Å². The van der Waals surface area contributed by atoms with Gasteiger partial charge in [-0.05, 0) is 63.4 Å². The summed E-state index contributed by atoms with van der Waals surface area (Å²) in [6.45, 7) is 4.42. The highest BCUT2D eigenvalue weighted by Gasteiger charge is 2.24. The van der Waals surface area contributed by atoms with Gasteiger partial charge in [0.1, 0.15) is 5.82 Å². The van der Waals surface area contributed by atoms with E-state index in [1.807, 2.05) is 19.9 Å². The fraction of sp³-hybridized carbons (Fsp3) is 0.308. The van der Waals surface area contributed by atoms with Crippen LogP contribution in [0.25, 0.3) is 11.1 Å². The van der Waals surface area contributed by atoms with Gasteiger partial charge in [-0.1, -0.05) is 56.3 Å². The number of aliphatic hydroxyl groups is 2. The molecule has 0 aliphatic carbocycles. The molecule has 3 aromatic rings. The third-order valence-corrected chi connectivity index (χ3v) is 5.59. The van der Waals surface area contributed by atoms with E-state index in [1.54, 1.807) is 24.3 Å². The summed E-state index contributed by atoms with van der Waals surface area (Å²) < 4.78 is 40.8. The van der Waals surface area contributed by atoms with Crippen molar-refractivity contribution in [2.45, 2.75) is 52.2 Å². The Morgan fingerprint density at radius 2 is 1.48 bits per heavy atom. The van der Waals surface area contributed by atoms with Crippen LogP contribution in [0.5, 0.6) is 0 Å². The highest BCUT2D eigenvalue weighted by Crippen LogP contribution is 2.38. The summed E-state index contributed by atoms with van der Waals surface area (Å²) in [5.41, 5.74) is 5.41. The standard InChI is InChI=1S/C26H27F3O2/c1-16(2)22-13-19(14-30)24(15-31)25(18-6-10-21(27)11-7-18)23(22)12-17-4-8-20(9-5-17)26(3,28)29/h4-11,13,16,30-31H,12,14-15H2,1-3H3. The number of hydrogen-bond donors (Lipinski definition) is 2. The van der Waals surface area contributed by atoms with E-state index in [0.717, 1.165) is 34.7 Å². The zero-order valence-corrected chi connectivity index (χ0v) is 17.9. The molecule has 31 heavy (non-hydrogen) atoms. The lowest BCUT2D eigenvalue weighted by molar-refractivity contribution is 0.0174. The first-order valence-electron chi connectivity index (χ1n) is 10.3. The van der Waals surface area contributed by atoms with Gasteiger partial charge >= 0.3 is 0 Å². The zero-order chi connectivity index (χ0) is 22.8. The van der Waals surface area contributed by atoms with Crippen molar-refractivity contribution in [2.24, 2.45) is 0 Å². The molecule has 0 bridgehead atoms. The summed E-state index contributed by atoms with van der Waals surface area (Å²) >= 11 is 0. The summed E-state index contributed by atoms with van der Waals surface area (Å²) in [6.07, 6.45) is 0.453. The molecule has 0 saturated carbocycles. The Hall–Kier alpha value is -2.63. The topological polar surface area (TPSA) is 40.5 Å². The molecule has 0 saturated heterocycles. The van der Waals surface area contributed by atoms with Gasteiger partial charge in [-0.3, -0.25) is 0 Å². The van der Waals surface area contributed by atoms with E-state index in [4.69, 9.17) is 0 Å². The molecule has 2 N–H and O–H groups in total. The maximum absolute atomic E-state index is 13.6. The smallest absolute Gasteiger partial charge is 0.270 e.